The summed E-state index contributed by atoms with van der Waals surface area (Å²) in [5, 5.41) is 12.3. The second-order valence-electron chi connectivity index (χ2n) is 9.50. The summed E-state index contributed by atoms with van der Waals surface area (Å²) in [5.41, 5.74) is 1.61. The molecule has 0 spiro atoms. The first-order valence-corrected chi connectivity index (χ1v) is 11.8. The summed E-state index contributed by atoms with van der Waals surface area (Å²) in [6.07, 6.45) is 6.22. The number of piperazine rings is 1. The lowest BCUT2D eigenvalue weighted by atomic mass is 9.74. The van der Waals surface area contributed by atoms with Gasteiger partial charge in [-0.25, -0.2) is 8.78 Å². The molecule has 0 bridgehead atoms. The highest BCUT2D eigenvalue weighted by molar-refractivity contribution is 5.56. The van der Waals surface area contributed by atoms with Crippen molar-refractivity contribution < 1.29 is 13.9 Å². The van der Waals surface area contributed by atoms with Crippen LogP contribution in [0.3, 0.4) is 0 Å². The lowest BCUT2D eigenvalue weighted by Crippen LogP contribution is -2.51. The lowest BCUT2D eigenvalue weighted by Gasteiger charge is -2.42. The van der Waals surface area contributed by atoms with Crippen LogP contribution in [0.25, 0.3) is 6.08 Å². The molecule has 2 fully saturated rings. The summed E-state index contributed by atoms with van der Waals surface area (Å²) in [7, 11) is 2.15. The van der Waals surface area contributed by atoms with E-state index < -0.39 is 5.60 Å². The molecule has 2 aromatic carbocycles. The number of hydrogen-bond donors (Lipinski definition) is 1. The molecule has 2 aromatic rings. The Morgan fingerprint density at radius 2 is 1.75 bits per heavy atom. The van der Waals surface area contributed by atoms with Crippen molar-refractivity contribution in [2.24, 2.45) is 5.92 Å². The Hall–Kier alpha value is -2.08. The van der Waals surface area contributed by atoms with Crippen molar-refractivity contribution in [3.05, 3.63) is 76.9 Å². The van der Waals surface area contributed by atoms with Crippen LogP contribution in [-0.2, 0) is 6.42 Å². The van der Waals surface area contributed by atoms with Gasteiger partial charge in [-0.2, -0.15) is 0 Å². The van der Waals surface area contributed by atoms with Crippen molar-refractivity contribution in [2.45, 2.75) is 37.7 Å². The van der Waals surface area contributed by atoms with E-state index in [-0.39, 0.29) is 17.6 Å². The van der Waals surface area contributed by atoms with Crippen molar-refractivity contribution in [3.8, 4) is 0 Å². The first kappa shape index (κ1) is 23.1. The molecule has 2 unspecified atom stereocenters. The average Bonchev–Trinajstić information content (AvgIpc) is 2.91. The zero-order chi connectivity index (χ0) is 22.6. The van der Waals surface area contributed by atoms with Gasteiger partial charge in [0.1, 0.15) is 11.6 Å². The van der Waals surface area contributed by atoms with Gasteiger partial charge < -0.3 is 14.9 Å². The smallest absolute Gasteiger partial charge is 0.123 e. The monoisotopic (exact) mass is 440 g/mol. The van der Waals surface area contributed by atoms with Gasteiger partial charge in [-0.1, -0.05) is 36.8 Å². The maximum absolute atomic E-state index is 14.0. The van der Waals surface area contributed by atoms with E-state index in [0.717, 1.165) is 75.1 Å². The summed E-state index contributed by atoms with van der Waals surface area (Å²) >= 11 is 0. The van der Waals surface area contributed by atoms with E-state index in [1.807, 2.05) is 12.1 Å². The molecule has 5 heteroatoms. The molecule has 3 nitrogen and oxygen atoms in total. The van der Waals surface area contributed by atoms with E-state index in [1.165, 1.54) is 24.3 Å². The van der Waals surface area contributed by atoms with Gasteiger partial charge in [0, 0.05) is 45.1 Å². The third-order valence-corrected chi connectivity index (χ3v) is 7.13. The number of hydrogen-bond acceptors (Lipinski definition) is 3. The molecular formula is C27H34F2N2O. The molecular weight excluding hydrogens is 406 g/mol. The second kappa shape index (κ2) is 10.2. The molecule has 0 radical (unpaired) electrons. The van der Waals surface area contributed by atoms with Gasteiger partial charge in [0.15, 0.2) is 0 Å². The second-order valence-corrected chi connectivity index (χ2v) is 9.50. The summed E-state index contributed by atoms with van der Waals surface area (Å²) in [5.74, 6) is -0.487. The number of benzene rings is 2. The number of halogens is 2. The van der Waals surface area contributed by atoms with Crippen LogP contribution in [0.1, 0.15) is 36.8 Å². The van der Waals surface area contributed by atoms with Crippen LogP contribution in [0.5, 0.6) is 0 Å². The van der Waals surface area contributed by atoms with E-state index in [0.29, 0.717) is 6.42 Å². The largest absolute Gasteiger partial charge is 0.385 e. The minimum absolute atomic E-state index is 0.0587. The zero-order valence-corrected chi connectivity index (χ0v) is 18.9. The minimum Gasteiger partial charge on any atom is -0.385 e. The molecule has 1 saturated carbocycles. The standard InChI is InChI=1S/C27H34F2N2O/c1-30-13-15-31(16-14-30)20-24-7-3-2-6-23(17-21-9-11-25(28)12-10-21)27(24,32)19-22-5-4-8-26(29)18-22/h4-5,8-12,17-18,24,32H,2-3,6-7,13-16,19-20H2,1H3/b23-17-. The maximum Gasteiger partial charge on any atom is 0.123 e. The summed E-state index contributed by atoms with van der Waals surface area (Å²) in [6, 6.07) is 13.0. The lowest BCUT2D eigenvalue weighted by molar-refractivity contribution is -0.00646. The predicted molar refractivity (Wildman–Crippen MR) is 125 cm³/mol. The number of rotatable bonds is 5. The molecule has 1 aliphatic carbocycles. The van der Waals surface area contributed by atoms with E-state index in [1.54, 1.807) is 18.2 Å². The van der Waals surface area contributed by atoms with Crippen molar-refractivity contribution in [1.29, 1.82) is 0 Å². The Labute approximate surface area is 190 Å². The highest BCUT2D eigenvalue weighted by Gasteiger charge is 2.42. The topological polar surface area (TPSA) is 26.7 Å². The summed E-state index contributed by atoms with van der Waals surface area (Å²) in [6.45, 7) is 4.90. The Kier molecular flexibility index (Phi) is 7.39. The van der Waals surface area contributed by atoms with Gasteiger partial charge in [0.05, 0.1) is 5.60 Å². The molecule has 1 saturated heterocycles. The Bertz CT molecular complexity index is 922. The fraction of sp³-hybridized carbons (Fsp3) is 0.481. The number of nitrogens with zero attached hydrogens (tertiary/aromatic N) is 2. The van der Waals surface area contributed by atoms with Crippen LogP contribution in [0.4, 0.5) is 8.78 Å². The quantitative estimate of drug-likeness (QED) is 0.679. The van der Waals surface area contributed by atoms with Crippen LogP contribution in [0.2, 0.25) is 0 Å². The van der Waals surface area contributed by atoms with E-state index in [2.05, 4.69) is 16.8 Å². The van der Waals surface area contributed by atoms with Gasteiger partial charge in [0.25, 0.3) is 0 Å². The van der Waals surface area contributed by atoms with Crippen LogP contribution in [0, 0.1) is 17.6 Å². The molecule has 172 valence electrons. The SMILES string of the molecule is CN1CCN(CC2CCCC/C(=C/c3ccc(F)cc3)C2(O)Cc2cccc(F)c2)CC1. The first-order valence-electron chi connectivity index (χ1n) is 11.8. The highest BCUT2D eigenvalue weighted by atomic mass is 19.1. The Morgan fingerprint density at radius 1 is 1.00 bits per heavy atom. The van der Waals surface area contributed by atoms with Gasteiger partial charge in [-0.15, -0.1) is 0 Å². The molecule has 32 heavy (non-hydrogen) atoms. The molecule has 2 aliphatic rings. The van der Waals surface area contributed by atoms with E-state index in [9.17, 15) is 13.9 Å². The molecule has 0 amide bonds. The van der Waals surface area contributed by atoms with E-state index in [4.69, 9.17) is 0 Å². The van der Waals surface area contributed by atoms with E-state index >= 15 is 0 Å². The van der Waals surface area contributed by atoms with Gasteiger partial charge in [-0.05, 0) is 67.3 Å². The molecule has 4 rings (SSSR count). The third kappa shape index (κ3) is 5.64. The van der Waals surface area contributed by atoms with Crippen molar-refractivity contribution in [1.82, 2.24) is 9.80 Å². The third-order valence-electron chi connectivity index (χ3n) is 7.13. The molecule has 0 aromatic heterocycles. The zero-order valence-electron chi connectivity index (χ0n) is 18.9. The molecule has 1 heterocycles. The number of likely N-dealkylation sites (N-methyl/N-ethyl adjacent to an activating group) is 1. The Morgan fingerprint density at radius 3 is 2.47 bits per heavy atom. The van der Waals surface area contributed by atoms with Crippen LogP contribution in [0.15, 0.2) is 54.1 Å². The number of aliphatic hydroxyl groups is 1. The Balaban J connectivity index is 1.68. The molecule has 1 aliphatic heterocycles. The van der Waals surface area contributed by atoms with Crippen LogP contribution in [-0.4, -0.2) is 60.3 Å². The normalized spacial score (nSPS) is 26.9. The van der Waals surface area contributed by atoms with Crippen molar-refractivity contribution >= 4 is 6.08 Å². The maximum atomic E-state index is 14.0. The fourth-order valence-electron chi connectivity index (χ4n) is 5.18. The highest BCUT2D eigenvalue weighted by Crippen LogP contribution is 2.41. The summed E-state index contributed by atoms with van der Waals surface area (Å²) in [4.78, 5) is 4.80. The first-order chi connectivity index (χ1) is 15.4. The van der Waals surface area contributed by atoms with Gasteiger partial charge >= 0.3 is 0 Å². The van der Waals surface area contributed by atoms with Crippen molar-refractivity contribution in [2.75, 3.05) is 39.8 Å². The van der Waals surface area contributed by atoms with Crippen LogP contribution >= 0.6 is 0 Å². The fourth-order valence-corrected chi connectivity index (χ4v) is 5.18. The minimum atomic E-state index is -1.07. The molecule has 1 N–H and O–H groups in total. The van der Waals surface area contributed by atoms with Gasteiger partial charge in [-0.3, -0.25) is 0 Å². The van der Waals surface area contributed by atoms with Crippen LogP contribution < -0.4 is 0 Å². The summed E-state index contributed by atoms with van der Waals surface area (Å²) < 4.78 is 27.4. The predicted octanol–water partition coefficient (Wildman–Crippen LogP) is 4.76. The van der Waals surface area contributed by atoms with Crippen molar-refractivity contribution in [3.63, 3.8) is 0 Å². The average molecular weight is 441 g/mol. The van der Waals surface area contributed by atoms with Gasteiger partial charge in [0.2, 0.25) is 0 Å². The molecule has 2 atom stereocenters.